The van der Waals surface area contributed by atoms with Crippen LogP contribution in [0.5, 0.6) is 0 Å². The number of aromatic nitrogens is 2. The number of rotatable bonds is 9. The van der Waals surface area contributed by atoms with Gasteiger partial charge in [0.1, 0.15) is 11.9 Å². The highest BCUT2D eigenvalue weighted by Crippen LogP contribution is 2.43. The molecular formula is C26H30FN3O3S. The lowest BCUT2D eigenvalue weighted by Crippen LogP contribution is -2.31. The molecule has 2 fully saturated rings. The molecule has 2 unspecified atom stereocenters. The molecule has 1 saturated carbocycles. The van der Waals surface area contributed by atoms with Crippen LogP contribution in [0, 0.1) is 17.7 Å². The molecule has 1 aliphatic heterocycles. The molecule has 6 nitrogen and oxygen atoms in total. The quantitative estimate of drug-likeness (QED) is 0.411. The average molecular weight is 484 g/mol. The Kier molecular flexibility index (Phi) is 6.79. The fourth-order valence-electron chi connectivity index (χ4n) is 5.09. The number of sulfonamides is 1. The van der Waals surface area contributed by atoms with Crippen molar-refractivity contribution >= 4 is 10.0 Å². The highest BCUT2D eigenvalue weighted by molar-refractivity contribution is 7.89. The lowest BCUT2D eigenvalue weighted by atomic mass is 9.78. The minimum Gasteiger partial charge on any atom is -0.338 e. The molecular weight excluding hydrogens is 453 g/mol. The summed E-state index contributed by atoms with van der Waals surface area (Å²) in [6.07, 6.45) is 7.86. The number of nitrogens with zero attached hydrogens (tertiary/aromatic N) is 3. The van der Waals surface area contributed by atoms with Crippen LogP contribution in [-0.4, -0.2) is 29.4 Å². The van der Waals surface area contributed by atoms with E-state index in [2.05, 4.69) is 22.3 Å². The smallest absolute Gasteiger partial charge is 0.245 e. The molecule has 0 bridgehead atoms. The van der Waals surface area contributed by atoms with E-state index in [-0.39, 0.29) is 10.8 Å². The van der Waals surface area contributed by atoms with Gasteiger partial charge >= 0.3 is 0 Å². The van der Waals surface area contributed by atoms with E-state index in [1.807, 2.05) is 18.2 Å². The van der Waals surface area contributed by atoms with Crippen molar-refractivity contribution in [3.05, 3.63) is 77.7 Å². The summed E-state index contributed by atoms with van der Waals surface area (Å²) >= 11 is 0. The first kappa shape index (κ1) is 23.2. The molecule has 1 aliphatic carbocycles. The SMILES string of the molecule is O=S(=O)(c1ccc(F)cc1)N1CC(CC2CCC2)CC1c1nc(CCCc2ccccc2)no1. The van der Waals surface area contributed by atoms with Crippen LogP contribution in [0.15, 0.2) is 64.0 Å². The van der Waals surface area contributed by atoms with E-state index in [0.29, 0.717) is 37.0 Å². The average Bonchev–Trinajstić information content (AvgIpc) is 3.45. The van der Waals surface area contributed by atoms with Crippen molar-refractivity contribution in [2.75, 3.05) is 6.54 Å². The molecule has 0 N–H and O–H groups in total. The van der Waals surface area contributed by atoms with E-state index in [0.717, 1.165) is 19.3 Å². The van der Waals surface area contributed by atoms with E-state index in [1.165, 1.54) is 53.4 Å². The Hall–Kier alpha value is -2.58. The molecule has 0 radical (unpaired) electrons. The van der Waals surface area contributed by atoms with Crippen LogP contribution >= 0.6 is 0 Å². The Morgan fingerprint density at radius 3 is 2.47 bits per heavy atom. The van der Waals surface area contributed by atoms with Crippen molar-refractivity contribution in [3.63, 3.8) is 0 Å². The van der Waals surface area contributed by atoms with Gasteiger partial charge in [0.15, 0.2) is 5.82 Å². The Morgan fingerprint density at radius 2 is 1.76 bits per heavy atom. The van der Waals surface area contributed by atoms with Crippen LogP contribution in [0.2, 0.25) is 0 Å². The van der Waals surface area contributed by atoms with Gasteiger partial charge in [0.2, 0.25) is 15.9 Å². The molecule has 1 aromatic heterocycles. The molecule has 0 amide bonds. The van der Waals surface area contributed by atoms with Gasteiger partial charge in [-0.15, -0.1) is 0 Å². The van der Waals surface area contributed by atoms with Crippen molar-refractivity contribution in [2.45, 2.75) is 62.3 Å². The molecule has 2 aliphatic rings. The van der Waals surface area contributed by atoms with Crippen LogP contribution < -0.4 is 0 Å². The van der Waals surface area contributed by atoms with Crippen LogP contribution in [0.1, 0.15) is 61.8 Å². The molecule has 5 rings (SSSR count). The second kappa shape index (κ2) is 9.96. The molecule has 8 heteroatoms. The predicted molar refractivity (Wildman–Crippen MR) is 126 cm³/mol. The zero-order valence-electron chi connectivity index (χ0n) is 19.1. The van der Waals surface area contributed by atoms with E-state index in [4.69, 9.17) is 4.52 Å². The number of hydrogen-bond acceptors (Lipinski definition) is 5. The van der Waals surface area contributed by atoms with Crippen LogP contribution in [0.3, 0.4) is 0 Å². The maximum atomic E-state index is 13.5. The van der Waals surface area contributed by atoms with Crippen LogP contribution in [0.25, 0.3) is 0 Å². The van der Waals surface area contributed by atoms with Gasteiger partial charge in [0.25, 0.3) is 0 Å². The van der Waals surface area contributed by atoms with E-state index < -0.39 is 21.9 Å². The van der Waals surface area contributed by atoms with Crippen molar-refractivity contribution in [3.8, 4) is 0 Å². The van der Waals surface area contributed by atoms with Crippen molar-refractivity contribution < 1.29 is 17.3 Å². The summed E-state index contributed by atoms with van der Waals surface area (Å²) in [6.45, 7) is 0.423. The van der Waals surface area contributed by atoms with E-state index in [9.17, 15) is 12.8 Å². The fourth-order valence-corrected chi connectivity index (χ4v) is 6.76. The fraction of sp³-hybridized carbons (Fsp3) is 0.462. The summed E-state index contributed by atoms with van der Waals surface area (Å²) in [7, 11) is -3.82. The van der Waals surface area contributed by atoms with Crippen LogP contribution in [0.4, 0.5) is 4.39 Å². The lowest BCUT2D eigenvalue weighted by Gasteiger charge is -2.27. The van der Waals surface area contributed by atoms with E-state index in [1.54, 1.807) is 0 Å². The maximum Gasteiger partial charge on any atom is 0.245 e. The number of benzene rings is 2. The molecule has 2 atom stereocenters. The van der Waals surface area contributed by atoms with E-state index >= 15 is 0 Å². The first-order valence-electron chi connectivity index (χ1n) is 12.1. The van der Waals surface area contributed by atoms with Crippen molar-refractivity contribution in [1.82, 2.24) is 14.4 Å². The zero-order valence-corrected chi connectivity index (χ0v) is 20.0. The maximum absolute atomic E-state index is 13.5. The highest BCUT2D eigenvalue weighted by Gasteiger charge is 2.44. The largest absolute Gasteiger partial charge is 0.338 e. The molecule has 0 spiro atoms. The Bertz CT molecular complexity index is 1190. The summed E-state index contributed by atoms with van der Waals surface area (Å²) < 4.78 is 47.5. The number of hydrogen-bond donors (Lipinski definition) is 0. The minimum atomic E-state index is -3.82. The Balaban J connectivity index is 1.32. The molecule has 180 valence electrons. The highest BCUT2D eigenvalue weighted by atomic mass is 32.2. The molecule has 2 heterocycles. The van der Waals surface area contributed by atoms with Gasteiger partial charge in [-0.2, -0.15) is 9.29 Å². The zero-order chi connectivity index (χ0) is 23.5. The van der Waals surface area contributed by atoms with Gasteiger partial charge in [-0.1, -0.05) is 54.8 Å². The lowest BCUT2D eigenvalue weighted by molar-refractivity contribution is 0.252. The summed E-state index contributed by atoms with van der Waals surface area (Å²) in [4.78, 5) is 4.69. The third-order valence-electron chi connectivity index (χ3n) is 7.13. The topological polar surface area (TPSA) is 76.3 Å². The van der Waals surface area contributed by atoms with Gasteiger partial charge in [-0.05, 0) is 67.3 Å². The van der Waals surface area contributed by atoms with Crippen LogP contribution in [-0.2, 0) is 22.9 Å². The Labute approximate surface area is 200 Å². The molecule has 34 heavy (non-hydrogen) atoms. The third kappa shape index (κ3) is 5.08. The van der Waals surface area contributed by atoms with Gasteiger partial charge in [-0.25, -0.2) is 12.8 Å². The van der Waals surface area contributed by atoms with Gasteiger partial charge in [0, 0.05) is 13.0 Å². The minimum absolute atomic E-state index is 0.0887. The van der Waals surface area contributed by atoms with Gasteiger partial charge < -0.3 is 4.52 Å². The summed E-state index contributed by atoms with van der Waals surface area (Å²) in [5.74, 6) is 1.43. The second-order valence-corrected chi connectivity index (χ2v) is 11.5. The standard InChI is InChI=1S/C26H30FN3O3S/c27-22-12-14-23(15-13-22)34(31,32)30-18-21(16-20-9-4-10-20)17-24(30)26-28-25(29-33-26)11-5-8-19-6-2-1-3-7-19/h1-3,6-7,12-15,20-21,24H,4-5,8-11,16-18H2. The second-order valence-electron chi connectivity index (χ2n) is 9.57. The monoisotopic (exact) mass is 483 g/mol. The molecule has 2 aromatic carbocycles. The van der Waals surface area contributed by atoms with Gasteiger partial charge in [0.05, 0.1) is 4.90 Å². The third-order valence-corrected chi connectivity index (χ3v) is 9.02. The van der Waals surface area contributed by atoms with Crippen molar-refractivity contribution in [2.24, 2.45) is 11.8 Å². The summed E-state index contributed by atoms with van der Waals surface area (Å²) in [5.41, 5.74) is 1.26. The normalized spacial score (nSPS) is 21.6. The number of halogens is 1. The molecule has 1 saturated heterocycles. The van der Waals surface area contributed by atoms with Gasteiger partial charge in [-0.3, -0.25) is 0 Å². The first-order chi connectivity index (χ1) is 16.5. The number of aryl methyl sites for hydroxylation is 2. The first-order valence-corrected chi connectivity index (χ1v) is 13.6. The Morgan fingerprint density at radius 1 is 1.00 bits per heavy atom. The molecule has 3 aromatic rings. The van der Waals surface area contributed by atoms with Crippen molar-refractivity contribution in [1.29, 1.82) is 0 Å². The summed E-state index contributed by atoms with van der Waals surface area (Å²) in [5, 5.41) is 4.15. The predicted octanol–water partition coefficient (Wildman–Crippen LogP) is 5.33. The summed E-state index contributed by atoms with van der Waals surface area (Å²) in [6, 6.07) is 14.8.